The van der Waals surface area contributed by atoms with Crippen LogP contribution in [0.5, 0.6) is 0 Å². The van der Waals surface area contributed by atoms with Gasteiger partial charge in [-0.2, -0.15) is 0 Å². The minimum absolute atomic E-state index is 0.0469. The van der Waals surface area contributed by atoms with Gasteiger partial charge < -0.3 is 10.5 Å². The van der Waals surface area contributed by atoms with E-state index < -0.39 is 0 Å². The molecule has 0 saturated heterocycles. The average Bonchev–Trinajstić information content (AvgIpc) is 2.18. The number of methoxy groups -OCH3 is 1. The smallest absolute Gasteiger partial charge is 0.0831 e. The molecule has 0 aliphatic heterocycles. The van der Waals surface area contributed by atoms with Crippen molar-refractivity contribution in [3.05, 3.63) is 0 Å². The predicted molar refractivity (Wildman–Crippen MR) is 62.7 cm³/mol. The minimum Gasteiger partial charge on any atom is -0.377 e. The lowest BCUT2D eigenvalue weighted by Gasteiger charge is -2.48. The first-order valence-electron chi connectivity index (χ1n) is 6.49. The Morgan fingerprint density at radius 2 is 1.80 bits per heavy atom. The van der Waals surface area contributed by atoms with E-state index in [4.69, 9.17) is 10.5 Å². The van der Waals surface area contributed by atoms with Crippen LogP contribution in [-0.4, -0.2) is 18.8 Å². The maximum atomic E-state index is 6.42. The molecule has 2 nitrogen and oxygen atoms in total. The normalized spacial score (nSPS) is 37.0. The molecule has 1 unspecified atom stereocenters. The van der Waals surface area contributed by atoms with Gasteiger partial charge in [-0.1, -0.05) is 19.8 Å². The van der Waals surface area contributed by atoms with Crippen LogP contribution in [0.2, 0.25) is 0 Å². The Hall–Kier alpha value is -0.0800. The molecule has 0 heterocycles. The molecule has 0 amide bonds. The molecule has 2 heteroatoms. The van der Waals surface area contributed by atoms with Crippen molar-refractivity contribution in [1.82, 2.24) is 0 Å². The summed E-state index contributed by atoms with van der Waals surface area (Å²) in [5, 5.41) is 0. The van der Waals surface area contributed by atoms with E-state index in [1.807, 2.05) is 7.11 Å². The Bertz CT molecular complexity index is 199. The molecule has 2 N–H and O–H groups in total. The summed E-state index contributed by atoms with van der Waals surface area (Å²) in [5.41, 5.74) is 6.47. The Kier molecular flexibility index (Phi) is 3.36. The van der Waals surface area contributed by atoms with Gasteiger partial charge in [-0.25, -0.2) is 0 Å². The molecule has 2 aliphatic rings. The van der Waals surface area contributed by atoms with Crippen LogP contribution in [0.15, 0.2) is 0 Å². The molecule has 15 heavy (non-hydrogen) atoms. The zero-order valence-electron chi connectivity index (χ0n) is 10.2. The molecule has 2 rings (SSSR count). The van der Waals surface area contributed by atoms with Gasteiger partial charge in [0, 0.05) is 13.2 Å². The van der Waals surface area contributed by atoms with E-state index in [9.17, 15) is 0 Å². The molecular formula is C13H25NO. The highest BCUT2D eigenvalue weighted by molar-refractivity contribution is 5.01. The van der Waals surface area contributed by atoms with Crippen LogP contribution < -0.4 is 5.73 Å². The number of hydrogen-bond acceptors (Lipinski definition) is 2. The SMILES string of the molecule is COC1(C(N)C2CCC(C)CC2)CCC1. The van der Waals surface area contributed by atoms with Gasteiger partial charge in [0.2, 0.25) is 0 Å². The second-order valence-electron chi connectivity index (χ2n) is 5.67. The molecule has 0 bridgehead atoms. The summed E-state index contributed by atoms with van der Waals surface area (Å²) in [7, 11) is 1.84. The van der Waals surface area contributed by atoms with E-state index in [0.29, 0.717) is 5.92 Å². The van der Waals surface area contributed by atoms with Crippen molar-refractivity contribution in [2.24, 2.45) is 17.6 Å². The highest BCUT2D eigenvalue weighted by atomic mass is 16.5. The van der Waals surface area contributed by atoms with Crippen LogP contribution in [-0.2, 0) is 4.74 Å². The molecule has 2 saturated carbocycles. The molecule has 2 fully saturated rings. The second kappa shape index (κ2) is 4.42. The third kappa shape index (κ3) is 2.07. The number of rotatable bonds is 3. The zero-order chi connectivity index (χ0) is 10.9. The molecule has 0 aromatic heterocycles. The van der Waals surface area contributed by atoms with Crippen molar-refractivity contribution in [2.75, 3.05) is 7.11 Å². The van der Waals surface area contributed by atoms with Gasteiger partial charge in [0.05, 0.1) is 5.60 Å². The van der Waals surface area contributed by atoms with E-state index >= 15 is 0 Å². The highest BCUT2D eigenvalue weighted by Gasteiger charge is 2.46. The first-order chi connectivity index (χ1) is 7.18. The van der Waals surface area contributed by atoms with Gasteiger partial charge in [0.15, 0.2) is 0 Å². The molecule has 0 aromatic carbocycles. The van der Waals surface area contributed by atoms with Crippen molar-refractivity contribution in [3.63, 3.8) is 0 Å². The van der Waals surface area contributed by atoms with E-state index in [1.54, 1.807) is 0 Å². The summed E-state index contributed by atoms with van der Waals surface area (Å²) < 4.78 is 5.69. The second-order valence-corrected chi connectivity index (χ2v) is 5.67. The fourth-order valence-electron chi connectivity index (χ4n) is 3.27. The quantitative estimate of drug-likeness (QED) is 0.779. The van der Waals surface area contributed by atoms with Crippen LogP contribution in [0.3, 0.4) is 0 Å². The zero-order valence-corrected chi connectivity index (χ0v) is 10.2. The van der Waals surface area contributed by atoms with Gasteiger partial charge in [-0.05, 0) is 43.9 Å². The van der Waals surface area contributed by atoms with Crippen molar-refractivity contribution >= 4 is 0 Å². The Labute approximate surface area is 93.6 Å². The Balaban J connectivity index is 1.92. The van der Waals surface area contributed by atoms with Crippen LogP contribution in [0, 0.1) is 11.8 Å². The summed E-state index contributed by atoms with van der Waals surface area (Å²) in [6.45, 7) is 2.36. The van der Waals surface area contributed by atoms with Crippen LogP contribution in [0.25, 0.3) is 0 Å². The lowest BCUT2D eigenvalue weighted by molar-refractivity contribution is -0.105. The highest BCUT2D eigenvalue weighted by Crippen LogP contribution is 2.43. The fourth-order valence-corrected chi connectivity index (χ4v) is 3.27. The topological polar surface area (TPSA) is 35.2 Å². The Morgan fingerprint density at radius 1 is 1.20 bits per heavy atom. The third-order valence-corrected chi connectivity index (χ3v) is 4.78. The summed E-state index contributed by atoms with van der Waals surface area (Å²) in [6, 6.07) is 0.281. The Morgan fingerprint density at radius 3 is 2.20 bits per heavy atom. The maximum Gasteiger partial charge on any atom is 0.0831 e. The lowest BCUT2D eigenvalue weighted by atomic mass is 9.67. The minimum atomic E-state index is 0.0469. The van der Waals surface area contributed by atoms with Crippen LogP contribution >= 0.6 is 0 Å². The number of hydrogen-bond donors (Lipinski definition) is 1. The number of ether oxygens (including phenoxy) is 1. The van der Waals surface area contributed by atoms with E-state index in [-0.39, 0.29) is 11.6 Å². The summed E-state index contributed by atoms with van der Waals surface area (Å²) in [4.78, 5) is 0. The average molecular weight is 211 g/mol. The van der Waals surface area contributed by atoms with Crippen molar-refractivity contribution in [1.29, 1.82) is 0 Å². The van der Waals surface area contributed by atoms with Gasteiger partial charge in [0.25, 0.3) is 0 Å². The van der Waals surface area contributed by atoms with Crippen LogP contribution in [0.4, 0.5) is 0 Å². The van der Waals surface area contributed by atoms with Crippen molar-refractivity contribution < 1.29 is 4.74 Å². The fraction of sp³-hybridized carbons (Fsp3) is 1.00. The number of nitrogens with two attached hydrogens (primary N) is 1. The molecule has 0 spiro atoms. The van der Waals surface area contributed by atoms with Crippen molar-refractivity contribution in [2.45, 2.75) is 63.5 Å². The molecule has 88 valence electrons. The van der Waals surface area contributed by atoms with E-state index in [1.165, 1.54) is 44.9 Å². The van der Waals surface area contributed by atoms with Crippen LogP contribution in [0.1, 0.15) is 51.9 Å². The molecule has 0 aromatic rings. The van der Waals surface area contributed by atoms with Gasteiger partial charge in [-0.3, -0.25) is 0 Å². The van der Waals surface area contributed by atoms with Gasteiger partial charge in [-0.15, -0.1) is 0 Å². The van der Waals surface area contributed by atoms with Gasteiger partial charge in [0.1, 0.15) is 0 Å². The molecule has 2 aliphatic carbocycles. The monoisotopic (exact) mass is 211 g/mol. The molecular weight excluding hydrogens is 186 g/mol. The third-order valence-electron chi connectivity index (χ3n) is 4.78. The summed E-state index contributed by atoms with van der Waals surface area (Å²) >= 11 is 0. The largest absolute Gasteiger partial charge is 0.377 e. The predicted octanol–water partition coefficient (Wildman–Crippen LogP) is 2.71. The standard InChI is InChI=1S/C13H25NO/c1-10-4-6-11(7-5-10)12(14)13(15-2)8-3-9-13/h10-12H,3-9,14H2,1-2H3. The first kappa shape index (κ1) is 11.4. The molecule has 0 radical (unpaired) electrons. The lowest BCUT2D eigenvalue weighted by Crippen LogP contribution is -2.58. The molecule has 1 atom stereocenters. The summed E-state index contributed by atoms with van der Waals surface area (Å²) in [6.07, 6.45) is 9.00. The van der Waals surface area contributed by atoms with Gasteiger partial charge >= 0.3 is 0 Å². The first-order valence-corrected chi connectivity index (χ1v) is 6.49. The maximum absolute atomic E-state index is 6.42. The van der Waals surface area contributed by atoms with E-state index in [0.717, 1.165) is 5.92 Å². The summed E-state index contributed by atoms with van der Waals surface area (Å²) in [5.74, 6) is 1.62. The van der Waals surface area contributed by atoms with E-state index in [2.05, 4.69) is 6.92 Å². The van der Waals surface area contributed by atoms with Crippen molar-refractivity contribution in [3.8, 4) is 0 Å².